The lowest BCUT2D eigenvalue weighted by atomic mass is 10.1. The Morgan fingerprint density at radius 1 is 0.586 bits per heavy atom. The summed E-state index contributed by atoms with van der Waals surface area (Å²) < 4.78 is 0. The van der Waals surface area contributed by atoms with Gasteiger partial charge in [0.25, 0.3) is 0 Å². The highest BCUT2D eigenvalue weighted by molar-refractivity contribution is 5.88. The molecule has 3 heteroatoms. The number of para-hydroxylation sites is 4. The second-order valence-electron chi connectivity index (χ2n) is 7.17. The number of anilines is 6. The van der Waals surface area contributed by atoms with Crippen molar-refractivity contribution >= 4 is 34.1 Å². The summed E-state index contributed by atoms with van der Waals surface area (Å²) in [6, 6.07) is 33.2. The van der Waals surface area contributed by atoms with Crippen LogP contribution in [-0.4, -0.2) is 0 Å². The van der Waals surface area contributed by atoms with Gasteiger partial charge < -0.3 is 16.0 Å². The van der Waals surface area contributed by atoms with E-state index in [9.17, 15) is 0 Å². The molecule has 0 radical (unpaired) electrons. The highest BCUT2D eigenvalue weighted by Crippen LogP contribution is 2.42. The number of benzene rings is 4. The molecule has 0 bridgehead atoms. The molecule has 0 unspecified atom stereocenters. The molecule has 3 nitrogen and oxygen atoms in total. The SMILES string of the molecule is Cc1ccccc1N(c1ccccc1C)c1ccccc1Nc1ccc(N)cc1. The average Bonchev–Trinajstić information content (AvgIpc) is 2.74. The molecular weight excluding hydrogens is 354 g/mol. The van der Waals surface area contributed by atoms with Gasteiger partial charge in [0, 0.05) is 22.7 Å². The van der Waals surface area contributed by atoms with Gasteiger partial charge in [-0.1, -0.05) is 48.5 Å². The van der Waals surface area contributed by atoms with Gasteiger partial charge in [0.05, 0.1) is 11.4 Å². The lowest BCUT2D eigenvalue weighted by Gasteiger charge is -2.30. The first kappa shape index (κ1) is 18.6. The van der Waals surface area contributed by atoms with Crippen molar-refractivity contribution in [3.8, 4) is 0 Å². The summed E-state index contributed by atoms with van der Waals surface area (Å²) in [6.07, 6.45) is 0. The average molecular weight is 380 g/mol. The summed E-state index contributed by atoms with van der Waals surface area (Å²) in [5.41, 5.74) is 14.5. The Labute approximate surface area is 172 Å². The van der Waals surface area contributed by atoms with Crippen molar-refractivity contribution in [2.24, 2.45) is 0 Å². The number of nitrogens with two attached hydrogens (primary N) is 1. The van der Waals surface area contributed by atoms with Crippen molar-refractivity contribution in [3.05, 3.63) is 108 Å². The highest BCUT2D eigenvalue weighted by atomic mass is 15.2. The van der Waals surface area contributed by atoms with E-state index in [4.69, 9.17) is 5.73 Å². The van der Waals surface area contributed by atoms with Gasteiger partial charge in [0.2, 0.25) is 0 Å². The molecule has 0 saturated carbocycles. The predicted octanol–water partition coefficient (Wildman–Crippen LogP) is 7.10. The fourth-order valence-electron chi connectivity index (χ4n) is 3.51. The first-order valence-corrected chi connectivity index (χ1v) is 9.76. The van der Waals surface area contributed by atoms with Crippen molar-refractivity contribution < 1.29 is 0 Å². The molecule has 0 fully saturated rings. The molecule has 0 aromatic heterocycles. The maximum atomic E-state index is 5.85. The Hall–Kier alpha value is -3.72. The molecule has 144 valence electrons. The normalized spacial score (nSPS) is 10.6. The molecule has 4 aromatic carbocycles. The second kappa shape index (κ2) is 8.11. The van der Waals surface area contributed by atoms with Crippen molar-refractivity contribution in [3.63, 3.8) is 0 Å². The van der Waals surface area contributed by atoms with Crippen LogP contribution >= 0.6 is 0 Å². The van der Waals surface area contributed by atoms with Crippen LogP contribution < -0.4 is 16.0 Å². The number of hydrogen-bond donors (Lipinski definition) is 2. The summed E-state index contributed by atoms with van der Waals surface area (Å²) in [6.45, 7) is 4.30. The Balaban J connectivity index is 1.87. The summed E-state index contributed by atoms with van der Waals surface area (Å²) in [7, 11) is 0. The second-order valence-corrected chi connectivity index (χ2v) is 7.17. The third-order valence-corrected chi connectivity index (χ3v) is 5.05. The van der Waals surface area contributed by atoms with Crippen LogP contribution in [0.1, 0.15) is 11.1 Å². The summed E-state index contributed by atoms with van der Waals surface area (Å²) in [4.78, 5) is 2.32. The van der Waals surface area contributed by atoms with E-state index in [1.165, 1.54) is 11.1 Å². The van der Waals surface area contributed by atoms with Gasteiger partial charge in [-0.2, -0.15) is 0 Å². The van der Waals surface area contributed by atoms with E-state index in [0.29, 0.717) is 0 Å². The van der Waals surface area contributed by atoms with E-state index in [0.717, 1.165) is 34.1 Å². The van der Waals surface area contributed by atoms with Gasteiger partial charge in [0.1, 0.15) is 0 Å². The van der Waals surface area contributed by atoms with Crippen LogP contribution in [0.15, 0.2) is 97.1 Å². The maximum absolute atomic E-state index is 5.85. The van der Waals surface area contributed by atoms with E-state index in [-0.39, 0.29) is 0 Å². The molecule has 29 heavy (non-hydrogen) atoms. The molecule has 0 aliphatic carbocycles. The van der Waals surface area contributed by atoms with E-state index >= 15 is 0 Å². The van der Waals surface area contributed by atoms with Crippen LogP contribution in [0.3, 0.4) is 0 Å². The monoisotopic (exact) mass is 379 g/mol. The van der Waals surface area contributed by atoms with Crippen LogP contribution in [0.2, 0.25) is 0 Å². The van der Waals surface area contributed by atoms with Crippen molar-refractivity contribution in [2.75, 3.05) is 16.0 Å². The van der Waals surface area contributed by atoms with E-state index in [1.54, 1.807) is 0 Å². The maximum Gasteiger partial charge on any atom is 0.0696 e. The first-order chi connectivity index (χ1) is 14.1. The van der Waals surface area contributed by atoms with Gasteiger partial charge >= 0.3 is 0 Å². The third-order valence-electron chi connectivity index (χ3n) is 5.05. The minimum atomic E-state index is 0.755. The Kier molecular flexibility index (Phi) is 5.21. The Bertz CT molecular complexity index is 1070. The molecule has 0 spiro atoms. The fourth-order valence-corrected chi connectivity index (χ4v) is 3.51. The molecule has 0 amide bonds. The fraction of sp³-hybridized carbons (Fsp3) is 0.0769. The highest BCUT2D eigenvalue weighted by Gasteiger charge is 2.18. The lowest BCUT2D eigenvalue weighted by molar-refractivity contribution is 1.22. The molecule has 4 rings (SSSR count). The number of nitrogen functional groups attached to an aromatic ring is 1. The number of aryl methyl sites for hydroxylation is 2. The smallest absolute Gasteiger partial charge is 0.0696 e. The molecule has 0 aliphatic rings. The molecule has 0 atom stereocenters. The van der Waals surface area contributed by atoms with Gasteiger partial charge in [-0.15, -0.1) is 0 Å². The predicted molar refractivity (Wildman–Crippen MR) is 125 cm³/mol. The number of nitrogens with zero attached hydrogens (tertiary/aromatic N) is 1. The van der Waals surface area contributed by atoms with Gasteiger partial charge in [-0.3, -0.25) is 0 Å². The topological polar surface area (TPSA) is 41.3 Å². The Morgan fingerprint density at radius 3 is 1.62 bits per heavy atom. The van der Waals surface area contributed by atoms with Crippen LogP contribution in [-0.2, 0) is 0 Å². The molecule has 4 aromatic rings. The minimum absolute atomic E-state index is 0.755. The first-order valence-electron chi connectivity index (χ1n) is 9.76. The van der Waals surface area contributed by atoms with Gasteiger partial charge in [0.15, 0.2) is 0 Å². The van der Waals surface area contributed by atoms with Crippen molar-refractivity contribution in [1.82, 2.24) is 0 Å². The summed E-state index contributed by atoms with van der Waals surface area (Å²) in [5.74, 6) is 0. The summed E-state index contributed by atoms with van der Waals surface area (Å²) >= 11 is 0. The van der Waals surface area contributed by atoms with Crippen LogP contribution in [0.4, 0.5) is 34.1 Å². The summed E-state index contributed by atoms with van der Waals surface area (Å²) in [5, 5.41) is 3.56. The van der Waals surface area contributed by atoms with E-state index in [1.807, 2.05) is 24.3 Å². The zero-order valence-corrected chi connectivity index (χ0v) is 16.8. The zero-order chi connectivity index (χ0) is 20.2. The molecule has 0 aliphatic heterocycles. The molecule has 0 saturated heterocycles. The van der Waals surface area contributed by atoms with Gasteiger partial charge in [-0.25, -0.2) is 0 Å². The number of rotatable bonds is 5. The molecule has 0 heterocycles. The minimum Gasteiger partial charge on any atom is -0.399 e. The standard InChI is InChI=1S/C26H25N3/c1-19-9-3-6-12-24(19)29(25-13-7-4-10-20(25)2)26-14-8-5-11-23(26)28-22-17-15-21(27)16-18-22/h3-18,28H,27H2,1-2H3. The number of hydrogen-bond acceptors (Lipinski definition) is 3. The third kappa shape index (κ3) is 3.94. The largest absolute Gasteiger partial charge is 0.399 e. The molecular formula is C26H25N3. The van der Waals surface area contributed by atoms with Crippen LogP contribution in [0.5, 0.6) is 0 Å². The quantitative estimate of drug-likeness (QED) is 0.363. The van der Waals surface area contributed by atoms with E-state index in [2.05, 4.69) is 96.9 Å². The Morgan fingerprint density at radius 2 is 1.07 bits per heavy atom. The zero-order valence-electron chi connectivity index (χ0n) is 16.8. The van der Waals surface area contributed by atoms with Crippen LogP contribution in [0, 0.1) is 13.8 Å². The molecule has 3 N–H and O–H groups in total. The lowest BCUT2D eigenvalue weighted by Crippen LogP contribution is -2.14. The van der Waals surface area contributed by atoms with Crippen molar-refractivity contribution in [2.45, 2.75) is 13.8 Å². The number of nitrogens with one attached hydrogen (secondary N) is 1. The van der Waals surface area contributed by atoms with Crippen LogP contribution in [0.25, 0.3) is 0 Å². The van der Waals surface area contributed by atoms with Gasteiger partial charge in [-0.05, 0) is 73.5 Å². The van der Waals surface area contributed by atoms with E-state index < -0.39 is 0 Å². The van der Waals surface area contributed by atoms with Crippen molar-refractivity contribution in [1.29, 1.82) is 0 Å².